The first kappa shape index (κ1) is 9.48. The molecule has 3 nitrogen and oxygen atoms in total. The van der Waals surface area contributed by atoms with Crippen LogP contribution in [-0.2, 0) is 9.59 Å². The normalized spacial score (nSPS) is 30.4. The molecule has 0 aliphatic heterocycles. The number of carbonyl (C=O) groups excluding carboxylic acids is 2. The van der Waals surface area contributed by atoms with Crippen LogP contribution in [0.1, 0.15) is 19.3 Å². The maximum absolute atomic E-state index is 10.9. The van der Waals surface area contributed by atoms with E-state index in [0.717, 1.165) is 0 Å². The predicted octanol–water partition coefficient (Wildman–Crippen LogP) is 0.285. The minimum Gasteiger partial charge on any atom is -0.385 e. The zero-order chi connectivity index (χ0) is 9.14. The van der Waals surface area contributed by atoms with E-state index in [2.05, 4.69) is 12.2 Å². The number of aliphatic hydroxyl groups is 1. The van der Waals surface area contributed by atoms with Crippen molar-refractivity contribution < 1.29 is 14.7 Å². The molecule has 0 radical (unpaired) electrons. The van der Waals surface area contributed by atoms with Crippen molar-refractivity contribution in [3.8, 4) is 0 Å². The second-order valence-corrected chi connectivity index (χ2v) is 3.34. The van der Waals surface area contributed by atoms with Gasteiger partial charge in [0.25, 0.3) is 0 Å². The van der Waals surface area contributed by atoms with Crippen LogP contribution in [-0.4, -0.2) is 28.1 Å². The number of aliphatic hydroxyl groups excluding tert-OH is 1. The molecule has 2 unspecified atom stereocenters. The molecule has 12 heavy (non-hydrogen) atoms. The molecule has 0 heterocycles. The van der Waals surface area contributed by atoms with Crippen LogP contribution >= 0.6 is 12.2 Å². The van der Waals surface area contributed by atoms with Crippen LogP contribution in [0.2, 0.25) is 0 Å². The van der Waals surface area contributed by atoms with Crippen LogP contribution in [0.15, 0.2) is 0 Å². The average molecular weight is 186 g/mol. The van der Waals surface area contributed by atoms with Gasteiger partial charge >= 0.3 is 0 Å². The van der Waals surface area contributed by atoms with E-state index in [4.69, 9.17) is 5.11 Å². The number of hydrogen-bond donors (Lipinski definition) is 1. The fourth-order valence-electron chi connectivity index (χ4n) is 1.37. The van der Waals surface area contributed by atoms with E-state index in [1.807, 2.05) is 0 Å². The van der Waals surface area contributed by atoms with Crippen LogP contribution in [0.5, 0.6) is 0 Å². The third-order valence-electron chi connectivity index (χ3n) is 2.04. The number of Topliss-reactive ketones (excluding diaryl/α,β-unsaturated/α-hetero) is 2. The second-order valence-electron chi connectivity index (χ2n) is 3.01. The van der Waals surface area contributed by atoms with E-state index in [0.29, 0.717) is 12.8 Å². The van der Waals surface area contributed by atoms with Crippen molar-refractivity contribution in [2.45, 2.75) is 25.4 Å². The van der Waals surface area contributed by atoms with Crippen LogP contribution in [0.4, 0.5) is 0 Å². The number of rotatable bonds is 2. The molecular formula is C8H10O3S. The molecule has 1 N–H and O–H groups in total. The van der Waals surface area contributed by atoms with E-state index in [1.54, 1.807) is 5.37 Å². The Kier molecular flexibility index (Phi) is 3.05. The summed E-state index contributed by atoms with van der Waals surface area (Å²) in [7, 11) is 0. The van der Waals surface area contributed by atoms with E-state index < -0.39 is 17.7 Å². The highest BCUT2D eigenvalue weighted by Gasteiger charge is 2.32. The molecule has 0 saturated heterocycles. The summed E-state index contributed by atoms with van der Waals surface area (Å²) in [5.74, 6) is -1.05. The lowest BCUT2D eigenvalue weighted by atomic mass is 9.84. The molecule has 0 aromatic rings. The third-order valence-corrected chi connectivity index (χ3v) is 2.23. The van der Waals surface area contributed by atoms with Gasteiger partial charge in [-0.2, -0.15) is 0 Å². The van der Waals surface area contributed by atoms with Crippen molar-refractivity contribution >= 4 is 29.2 Å². The van der Waals surface area contributed by atoms with Crippen LogP contribution < -0.4 is 0 Å². The largest absolute Gasteiger partial charge is 0.385 e. The molecule has 2 atom stereocenters. The zero-order valence-corrected chi connectivity index (χ0v) is 7.34. The van der Waals surface area contributed by atoms with Crippen molar-refractivity contribution in [1.29, 1.82) is 0 Å². The highest BCUT2D eigenvalue weighted by atomic mass is 32.1. The Morgan fingerprint density at radius 3 is 2.75 bits per heavy atom. The molecule has 0 aromatic heterocycles. The highest BCUT2D eigenvalue weighted by molar-refractivity contribution is 7.78. The Balaban J connectivity index is 2.59. The molecule has 0 spiro atoms. The van der Waals surface area contributed by atoms with Crippen LogP contribution in [0.3, 0.4) is 0 Å². The lowest BCUT2D eigenvalue weighted by Gasteiger charge is -2.22. The summed E-state index contributed by atoms with van der Waals surface area (Å²) in [5, 5.41) is 10.7. The summed E-state index contributed by atoms with van der Waals surface area (Å²) in [6.45, 7) is 0. The molecule has 66 valence electrons. The smallest absolute Gasteiger partial charge is 0.226 e. The summed E-state index contributed by atoms with van der Waals surface area (Å²) in [4.78, 5) is 21.8. The van der Waals surface area contributed by atoms with Crippen molar-refractivity contribution in [2.75, 3.05) is 0 Å². The zero-order valence-electron chi connectivity index (χ0n) is 6.53. The molecular weight excluding hydrogens is 176 g/mol. The number of thiocarbonyl (C=S) groups is 1. The molecule has 0 aromatic carbocycles. The first-order valence-electron chi connectivity index (χ1n) is 3.84. The van der Waals surface area contributed by atoms with E-state index in [9.17, 15) is 9.59 Å². The molecule has 0 bridgehead atoms. The fraction of sp³-hybridized carbons (Fsp3) is 0.625. The number of hydrogen-bond acceptors (Lipinski definition) is 4. The molecule has 1 fully saturated rings. The van der Waals surface area contributed by atoms with E-state index >= 15 is 0 Å². The standard InChI is InChI=1S/C8H10O3S/c9-6-3-5(1-2-12)4-7(10)8(6)11/h2,5-6,9H,1,3-4H2. The molecule has 1 aliphatic carbocycles. The monoisotopic (exact) mass is 186 g/mol. The van der Waals surface area contributed by atoms with Crippen LogP contribution in [0.25, 0.3) is 0 Å². The van der Waals surface area contributed by atoms with Gasteiger partial charge in [-0.3, -0.25) is 9.59 Å². The third kappa shape index (κ3) is 1.95. The lowest BCUT2D eigenvalue weighted by Crippen LogP contribution is -2.37. The van der Waals surface area contributed by atoms with E-state index in [-0.39, 0.29) is 12.3 Å². The number of ketones is 2. The Morgan fingerprint density at radius 1 is 1.58 bits per heavy atom. The Labute approximate surface area is 75.8 Å². The first-order chi connectivity index (χ1) is 5.65. The maximum atomic E-state index is 10.9. The quantitative estimate of drug-likeness (QED) is 0.497. The topological polar surface area (TPSA) is 54.4 Å². The van der Waals surface area contributed by atoms with Gasteiger partial charge in [0, 0.05) is 6.42 Å². The van der Waals surface area contributed by atoms with Gasteiger partial charge in [-0.1, -0.05) is 12.2 Å². The van der Waals surface area contributed by atoms with Gasteiger partial charge in [-0.25, -0.2) is 0 Å². The van der Waals surface area contributed by atoms with Gasteiger partial charge in [0.1, 0.15) is 6.10 Å². The van der Waals surface area contributed by atoms with Crippen LogP contribution in [0, 0.1) is 5.92 Å². The first-order valence-corrected chi connectivity index (χ1v) is 4.31. The lowest BCUT2D eigenvalue weighted by molar-refractivity contribution is -0.145. The number of carbonyl (C=O) groups is 2. The molecule has 1 aliphatic rings. The molecule has 0 amide bonds. The molecule has 4 heteroatoms. The Morgan fingerprint density at radius 2 is 2.25 bits per heavy atom. The fourth-order valence-corrected chi connectivity index (χ4v) is 1.64. The van der Waals surface area contributed by atoms with Gasteiger partial charge in [-0.15, -0.1) is 0 Å². The summed E-state index contributed by atoms with van der Waals surface area (Å²) >= 11 is 4.64. The molecule has 1 saturated carbocycles. The predicted molar refractivity (Wildman–Crippen MR) is 47.0 cm³/mol. The minimum atomic E-state index is -1.09. The second kappa shape index (κ2) is 3.87. The Bertz CT molecular complexity index is 224. The summed E-state index contributed by atoms with van der Waals surface area (Å²) in [6, 6.07) is 0. The van der Waals surface area contributed by atoms with Gasteiger partial charge in [0.2, 0.25) is 11.6 Å². The average Bonchev–Trinajstić information content (AvgIpc) is 2.01. The Hall–Kier alpha value is -0.610. The minimum absolute atomic E-state index is 0.0581. The van der Waals surface area contributed by atoms with Gasteiger partial charge in [0.05, 0.1) is 0 Å². The van der Waals surface area contributed by atoms with Crippen molar-refractivity contribution in [2.24, 2.45) is 5.92 Å². The highest BCUT2D eigenvalue weighted by Crippen LogP contribution is 2.21. The molecule has 1 rings (SSSR count). The summed E-state index contributed by atoms with van der Waals surface area (Å²) < 4.78 is 0. The summed E-state index contributed by atoms with van der Waals surface area (Å²) in [6.07, 6.45) is 0.137. The van der Waals surface area contributed by atoms with Gasteiger partial charge < -0.3 is 5.11 Å². The van der Waals surface area contributed by atoms with Gasteiger partial charge in [0.15, 0.2) is 0 Å². The van der Waals surface area contributed by atoms with Crippen molar-refractivity contribution in [1.82, 2.24) is 0 Å². The van der Waals surface area contributed by atoms with Crippen molar-refractivity contribution in [3.05, 3.63) is 0 Å². The SMILES string of the molecule is O=C1CC(CC=S)CC(O)C1=O. The summed E-state index contributed by atoms with van der Waals surface area (Å²) in [5.41, 5.74) is 0. The van der Waals surface area contributed by atoms with Crippen molar-refractivity contribution in [3.63, 3.8) is 0 Å². The maximum Gasteiger partial charge on any atom is 0.226 e. The van der Waals surface area contributed by atoms with E-state index in [1.165, 1.54) is 0 Å². The van der Waals surface area contributed by atoms with Gasteiger partial charge in [-0.05, 0) is 24.1 Å².